The van der Waals surface area contributed by atoms with Gasteiger partial charge in [0.05, 0.1) is 5.71 Å². The number of hydrogen-bond acceptors (Lipinski definition) is 4. The van der Waals surface area contributed by atoms with E-state index in [0.717, 1.165) is 18.6 Å². The molecule has 2 nitrogen and oxygen atoms in total. The Morgan fingerprint density at radius 1 is 0.846 bits per heavy atom. The second-order valence-electron chi connectivity index (χ2n) is 7.24. The maximum absolute atomic E-state index is 9.57. The van der Waals surface area contributed by atoms with E-state index in [0.29, 0.717) is 5.92 Å². The number of fused-ring (bicyclic) bond motifs is 2. The Morgan fingerprint density at radius 3 is 2.27 bits per heavy atom. The van der Waals surface area contributed by atoms with Crippen molar-refractivity contribution < 1.29 is 5.21 Å². The summed E-state index contributed by atoms with van der Waals surface area (Å²) in [5, 5.41) is 13.2. The zero-order chi connectivity index (χ0) is 17.5. The molecule has 0 unspecified atom stereocenters. The normalized spacial score (nSPS) is 21.3. The highest BCUT2D eigenvalue weighted by Gasteiger charge is 2.30. The summed E-state index contributed by atoms with van der Waals surface area (Å²) < 4.78 is 0. The monoisotopic (exact) mass is 379 g/mol. The molecule has 4 heteroatoms. The van der Waals surface area contributed by atoms with E-state index in [-0.39, 0.29) is 0 Å². The summed E-state index contributed by atoms with van der Waals surface area (Å²) in [5.74, 6) is 0.683. The molecule has 2 aliphatic carbocycles. The number of rotatable bonds is 2. The van der Waals surface area contributed by atoms with Gasteiger partial charge in [-0.05, 0) is 61.4 Å². The van der Waals surface area contributed by atoms with Crippen LogP contribution in [0.15, 0.2) is 72.8 Å². The standard InChI is InChI=1S/C22H21NOS2/c24-23-17-11-10-16(14-5-1-2-6-14)22(17)15-9-12-20-21(13-15)26-19-8-4-3-7-18(19)25-20/h3-4,7-9,12-14,24H,1-2,5-6,10-11H2. The number of benzene rings is 2. The summed E-state index contributed by atoms with van der Waals surface area (Å²) in [7, 11) is 0. The fourth-order valence-electron chi connectivity index (χ4n) is 4.51. The Labute approximate surface area is 162 Å². The van der Waals surface area contributed by atoms with Gasteiger partial charge in [-0.3, -0.25) is 0 Å². The Balaban J connectivity index is 1.57. The van der Waals surface area contributed by atoms with Crippen LogP contribution in [0.2, 0.25) is 0 Å². The van der Waals surface area contributed by atoms with E-state index in [1.165, 1.54) is 62.0 Å². The minimum atomic E-state index is 0.683. The first-order chi connectivity index (χ1) is 12.8. The largest absolute Gasteiger partial charge is 0.411 e. The molecule has 1 fully saturated rings. The minimum absolute atomic E-state index is 0.683. The summed E-state index contributed by atoms with van der Waals surface area (Å²) in [5.41, 5.74) is 4.86. The van der Waals surface area contributed by atoms with Crippen molar-refractivity contribution in [2.24, 2.45) is 11.1 Å². The topological polar surface area (TPSA) is 32.6 Å². The van der Waals surface area contributed by atoms with Crippen LogP contribution in [-0.4, -0.2) is 10.9 Å². The second-order valence-corrected chi connectivity index (χ2v) is 9.41. The summed E-state index contributed by atoms with van der Waals surface area (Å²) in [6.07, 6.45) is 7.18. The van der Waals surface area contributed by atoms with Gasteiger partial charge < -0.3 is 5.21 Å². The molecule has 0 bridgehead atoms. The fraction of sp³-hybridized carbons (Fsp3) is 0.318. The van der Waals surface area contributed by atoms with Crippen molar-refractivity contribution in [1.82, 2.24) is 0 Å². The van der Waals surface area contributed by atoms with Crippen LogP contribution in [0.4, 0.5) is 0 Å². The highest BCUT2D eigenvalue weighted by molar-refractivity contribution is 8.05. The van der Waals surface area contributed by atoms with Crippen LogP contribution in [0, 0.1) is 5.92 Å². The fourth-order valence-corrected chi connectivity index (χ4v) is 6.76. The molecular formula is C22H21NOS2. The van der Waals surface area contributed by atoms with E-state index < -0.39 is 0 Å². The van der Waals surface area contributed by atoms with E-state index in [2.05, 4.69) is 47.6 Å². The molecular weight excluding hydrogens is 358 g/mol. The third-order valence-corrected chi connectivity index (χ3v) is 8.27. The number of oxime groups is 1. The van der Waals surface area contributed by atoms with Gasteiger partial charge >= 0.3 is 0 Å². The van der Waals surface area contributed by atoms with Crippen LogP contribution in [0.1, 0.15) is 44.1 Å². The van der Waals surface area contributed by atoms with E-state index in [1.54, 1.807) is 0 Å². The van der Waals surface area contributed by atoms with Crippen LogP contribution in [-0.2, 0) is 0 Å². The SMILES string of the molecule is ON=C1CCC(C2CCCC2)=C1c1ccc2c(c1)Sc1ccccc1S2. The molecule has 0 radical (unpaired) electrons. The molecule has 3 aliphatic rings. The van der Waals surface area contributed by atoms with Gasteiger partial charge in [-0.15, -0.1) is 0 Å². The molecule has 0 atom stereocenters. The average Bonchev–Trinajstić information content (AvgIpc) is 3.34. The van der Waals surface area contributed by atoms with E-state index in [9.17, 15) is 5.21 Å². The lowest BCUT2D eigenvalue weighted by Crippen LogP contribution is -2.02. The lowest BCUT2D eigenvalue weighted by molar-refractivity contribution is 0.319. The molecule has 1 heterocycles. The minimum Gasteiger partial charge on any atom is -0.411 e. The first kappa shape index (κ1) is 16.5. The summed E-state index contributed by atoms with van der Waals surface area (Å²) >= 11 is 3.70. The molecule has 2 aromatic rings. The van der Waals surface area contributed by atoms with Crippen molar-refractivity contribution in [2.45, 2.75) is 58.1 Å². The molecule has 0 spiro atoms. The van der Waals surface area contributed by atoms with Crippen molar-refractivity contribution in [3.63, 3.8) is 0 Å². The molecule has 2 aromatic carbocycles. The van der Waals surface area contributed by atoms with E-state index >= 15 is 0 Å². The molecule has 0 aromatic heterocycles. The van der Waals surface area contributed by atoms with Gasteiger partial charge in [0.25, 0.3) is 0 Å². The van der Waals surface area contributed by atoms with Crippen LogP contribution in [0.25, 0.3) is 5.57 Å². The molecule has 132 valence electrons. The Bertz CT molecular complexity index is 925. The van der Waals surface area contributed by atoms with Gasteiger partial charge in [-0.2, -0.15) is 0 Å². The number of hydrogen-bond donors (Lipinski definition) is 1. The van der Waals surface area contributed by atoms with Crippen molar-refractivity contribution in [2.75, 3.05) is 0 Å². The number of allylic oxidation sites excluding steroid dienone is 2. The molecule has 0 saturated heterocycles. The Morgan fingerprint density at radius 2 is 1.54 bits per heavy atom. The zero-order valence-corrected chi connectivity index (χ0v) is 16.2. The Kier molecular flexibility index (Phi) is 4.33. The smallest absolute Gasteiger partial charge is 0.0876 e. The van der Waals surface area contributed by atoms with Gasteiger partial charge in [0.2, 0.25) is 0 Å². The van der Waals surface area contributed by atoms with E-state index in [1.807, 2.05) is 23.5 Å². The molecule has 0 amide bonds. The lowest BCUT2D eigenvalue weighted by Gasteiger charge is -2.20. The highest BCUT2D eigenvalue weighted by atomic mass is 32.2. The maximum atomic E-state index is 9.57. The molecule has 5 rings (SSSR count). The van der Waals surface area contributed by atoms with Gasteiger partial charge in [0.1, 0.15) is 0 Å². The third-order valence-electron chi connectivity index (χ3n) is 5.73. The number of nitrogens with zero attached hydrogens (tertiary/aromatic N) is 1. The van der Waals surface area contributed by atoms with Crippen LogP contribution in [0.3, 0.4) is 0 Å². The van der Waals surface area contributed by atoms with Crippen molar-refractivity contribution in [3.05, 3.63) is 53.6 Å². The van der Waals surface area contributed by atoms with Gasteiger partial charge in [-0.25, -0.2) is 0 Å². The van der Waals surface area contributed by atoms with Crippen molar-refractivity contribution in [1.29, 1.82) is 0 Å². The third kappa shape index (κ3) is 2.80. The van der Waals surface area contributed by atoms with Crippen molar-refractivity contribution in [3.8, 4) is 0 Å². The summed E-state index contributed by atoms with van der Waals surface area (Å²) in [4.78, 5) is 5.30. The first-order valence-corrected chi connectivity index (χ1v) is 11.0. The van der Waals surface area contributed by atoms with Gasteiger partial charge in [-0.1, -0.05) is 65.3 Å². The zero-order valence-electron chi connectivity index (χ0n) is 14.6. The Hall–Kier alpha value is -1.65. The lowest BCUT2D eigenvalue weighted by atomic mass is 9.91. The maximum Gasteiger partial charge on any atom is 0.0876 e. The van der Waals surface area contributed by atoms with Crippen molar-refractivity contribution >= 4 is 34.8 Å². The second kappa shape index (κ2) is 6.82. The molecule has 1 N–H and O–H groups in total. The molecule has 1 saturated carbocycles. The van der Waals surface area contributed by atoms with Gasteiger partial charge in [0.15, 0.2) is 0 Å². The molecule has 1 aliphatic heterocycles. The predicted molar refractivity (Wildman–Crippen MR) is 108 cm³/mol. The van der Waals surface area contributed by atoms with E-state index in [4.69, 9.17) is 0 Å². The molecule has 26 heavy (non-hydrogen) atoms. The summed E-state index contributed by atoms with van der Waals surface area (Å²) in [6.45, 7) is 0. The van der Waals surface area contributed by atoms with Crippen LogP contribution >= 0.6 is 23.5 Å². The quantitative estimate of drug-likeness (QED) is 0.389. The first-order valence-electron chi connectivity index (χ1n) is 9.37. The van der Waals surface area contributed by atoms with Crippen LogP contribution in [0.5, 0.6) is 0 Å². The average molecular weight is 380 g/mol. The highest BCUT2D eigenvalue weighted by Crippen LogP contribution is 2.50. The summed E-state index contributed by atoms with van der Waals surface area (Å²) in [6, 6.07) is 15.4. The van der Waals surface area contributed by atoms with Crippen LogP contribution < -0.4 is 0 Å². The predicted octanol–water partition coefficient (Wildman–Crippen LogP) is 6.87. The van der Waals surface area contributed by atoms with Gasteiger partial charge in [0, 0.05) is 25.2 Å².